The number of benzene rings is 1. The molecule has 0 unspecified atom stereocenters. The van der Waals surface area contributed by atoms with Crippen LogP contribution in [-0.2, 0) is 12.0 Å². The molecule has 0 saturated carbocycles. The van der Waals surface area contributed by atoms with E-state index < -0.39 is 0 Å². The van der Waals surface area contributed by atoms with Gasteiger partial charge in [-0.25, -0.2) is 0 Å². The molecule has 1 aromatic carbocycles. The number of amides is 1. The fraction of sp³-hybridized carbons (Fsp3) is 0.455. The Hall–Kier alpha value is -2.40. The van der Waals surface area contributed by atoms with Crippen molar-refractivity contribution in [1.82, 2.24) is 14.8 Å². The molecule has 1 aliphatic heterocycles. The van der Waals surface area contributed by atoms with Gasteiger partial charge >= 0.3 is 0 Å². The van der Waals surface area contributed by atoms with E-state index in [4.69, 9.17) is 0 Å². The summed E-state index contributed by atoms with van der Waals surface area (Å²) >= 11 is 0. The maximum Gasteiger partial charge on any atom is 0.259 e. The predicted molar refractivity (Wildman–Crippen MR) is 108 cm³/mol. The number of rotatable bonds is 3. The fourth-order valence-electron chi connectivity index (χ4n) is 3.39. The highest BCUT2D eigenvalue weighted by molar-refractivity contribution is 5.93. The highest BCUT2D eigenvalue weighted by atomic mass is 16.2. The third kappa shape index (κ3) is 4.66. The van der Waals surface area contributed by atoms with Crippen LogP contribution in [0.1, 0.15) is 48.0 Å². The number of carbonyl (C=O) groups is 1. The van der Waals surface area contributed by atoms with Crippen LogP contribution >= 0.6 is 0 Å². The average molecular weight is 367 g/mol. The van der Waals surface area contributed by atoms with E-state index in [2.05, 4.69) is 54.9 Å². The molecule has 3 rings (SSSR count). The molecule has 0 atom stereocenters. The van der Waals surface area contributed by atoms with Crippen molar-refractivity contribution in [1.29, 1.82) is 0 Å². The molecule has 1 aromatic heterocycles. The number of hydrogen-bond acceptors (Lipinski definition) is 3. The topological polar surface area (TPSA) is 56.4 Å². The summed E-state index contributed by atoms with van der Waals surface area (Å²) in [5.41, 5.74) is 3.57. The smallest absolute Gasteiger partial charge is 0.259 e. The minimum Gasteiger partial charge on any atom is -0.364 e. The number of nitrogens with zero attached hydrogens (tertiary/aromatic N) is 2. The van der Waals surface area contributed by atoms with Gasteiger partial charge in [-0.15, -0.1) is 0 Å². The van der Waals surface area contributed by atoms with Crippen LogP contribution in [0, 0.1) is 6.92 Å². The monoisotopic (exact) mass is 367 g/mol. The molecule has 1 fully saturated rings. The van der Waals surface area contributed by atoms with Gasteiger partial charge < -0.3 is 9.88 Å². The van der Waals surface area contributed by atoms with E-state index >= 15 is 0 Å². The van der Waals surface area contributed by atoms with Crippen LogP contribution in [0.4, 0.5) is 0 Å². The highest BCUT2D eigenvalue weighted by Gasteiger charge is 2.24. The molecule has 2 aromatic rings. The van der Waals surface area contributed by atoms with Gasteiger partial charge in [0.2, 0.25) is 0 Å². The molecule has 144 valence electrons. The minimum atomic E-state index is -0.211. The quantitative estimate of drug-likeness (QED) is 0.907. The minimum absolute atomic E-state index is 0.165. The van der Waals surface area contributed by atoms with E-state index in [0.29, 0.717) is 13.1 Å². The highest BCUT2D eigenvalue weighted by Crippen LogP contribution is 2.22. The third-order valence-electron chi connectivity index (χ3n) is 5.17. The Balaban J connectivity index is 1.57. The van der Waals surface area contributed by atoms with Crippen LogP contribution in [0.3, 0.4) is 0 Å². The van der Waals surface area contributed by atoms with Gasteiger partial charge in [-0.2, -0.15) is 0 Å². The molecule has 1 saturated heterocycles. The standard InChI is InChI=1S/C22H29N3O2/c1-16-13-20(26)19(14-23-16)21(27)25-11-9-24(10-12-25)15-17-5-7-18(8-6-17)22(2,3)4/h5-8,13-14H,9-12,15H2,1-4H3,(H,23,26). The number of aryl methyl sites for hydroxylation is 1. The maximum atomic E-state index is 12.6. The van der Waals surface area contributed by atoms with Gasteiger partial charge in [-0.05, 0) is 23.5 Å². The van der Waals surface area contributed by atoms with Crippen LogP contribution in [0.15, 0.2) is 41.3 Å². The molecule has 27 heavy (non-hydrogen) atoms. The summed E-state index contributed by atoms with van der Waals surface area (Å²) in [6.07, 6.45) is 1.53. The van der Waals surface area contributed by atoms with Crippen molar-refractivity contribution in [3.05, 3.63) is 69.1 Å². The number of H-pyrrole nitrogens is 1. The lowest BCUT2D eigenvalue weighted by atomic mass is 9.87. The molecule has 0 aliphatic carbocycles. The zero-order valence-electron chi connectivity index (χ0n) is 16.7. The van der Waals surface area contributed by atoms with Crippen molar-refractivity contribution < 1.29 is 4.79 Å². The van der Waals surface area contributed by atoms with Crippen LogP contribution in [0.5, 0.6) is 0 Å². The zero-order valence-corrected chi connectivity index (χ0v) is 16.7. The van der Waals surface area contributed by atoms with E-state index in [1.165, 1.54) is 23.4 Å². The predicted octanol–water partition coefficient (Wildman–Crippen LogP) is 2.94. The van der Waals surface area contributed by atoms with Gasteiger partial charge in [-0.1, -0.05) is 45.0 Å². The number of aromatic nitrogens is 1. The summed E-state index contributed by atoms with van der Waals surface area (Å²) < 4.78 is 0. The first-order valence-electron chi connectivity index (χ1n) is 9.54. The van der Waals surface area contributed by atoms with E-state index in [-0.39, 0.29) is 22.3 Å². The molecule has 0 bridgehead atoms. The Bertz CT molecular complexity index is 854. The van der Waals surface area contributed by atoms with Gasteiger partial charge in [0.05, 0.1) is 0 Å². The van der Waals surface area contributed by atoms with Gasteiger partial charge in [0.25, 0.3) is 5.91 Å². The first-order valence-corrected chi connectivity index (χ1v) is 9.54. The molecule has 0 radical (unpaired) electrons. The number of aromatic amines is 1. The van der Waals surface area contributed by atoms with E-state index in [9.17, 15) is 9.59 Å². The summed E-state index contributed by atoms with van der Waals surface area (Å²) in [6.45, 7) is 12.3. The number of carbonyl (C=O) groups excluding carboxylic acids is 1. The lowest BCUT2D eigenvalue weighted by Crippen LogP contribution is -2.49. The van der Waals surface area contributed by atoms with Crippen LogP contribution in [-0.4, -0.2) is 46.9 Å². The van der Waals surface area contributed by atoms with Gasteiger partial charge in [0.1, 0.15) is 5.56 Å². The normalized spacial score (nSPS) is 15.8. The first-order chi connectivity index (χ1) is 12.7. The molecule has 0 spiro atoms. The van der Waals surface area contributed by atoms with Crippen LogP contribution in [0.25, 0.3) is 0 Å². The van der Waals surface area contributed by atoms with Gasteiger partial charge in [0.15, 0.2) is 5.43 Å². The largest absolute Gasteiger partial charge is 0.364 e. The van der Waals surface area contributed by atoms with E-state index in [0.717, 1.165) is 25.3 Å². The second-order valence-electron chi connectivity index (χ2n) is 8.41. The second-order valence-corrected chi connectivity index (χ2v) is 8.41. The molecule has 1 amide bonds. The van der Waals surface area contributed by atoms with E-state index in [1.54, 1.807) is 4.90 Å². The van der Waals surface area contributed by atoms with Crippen LogP contribution < -0.4 is 5.43 Å². The van der Waals surface area contributed by atoms with Crippen molar-refractivity contribution in [2.75, 3.05) is 26.2 Å². The van der Waals surface area contributed by atoms with Crippen molar-refractivity contribution in [2.24, 2.45) is 0 Å². The third-order valence-corrected chi connectivity index (χ3v) is 5.17. The SMILES string of the molecule is Cc1cc(=O)c(C(=O)N2CCN(Cc3ccc(C(C)(C)C)cc3)CC2)c[nH]1. The van der Waals surface area contributed by atoms with Crippen molar-refractivity contribution in [3.8, 4) is 0 Å². The maximum absolute atomic E-state index is 12.6. The molecule has 5 heteroatoms. The van der Waals surface area contributed by atoms with Crippen LogP contribution in [0.2, 0.25) is 0 Å². The summed E-state index contributed by atoms with van der Waals surface area (Å²) in [5, 5.41) is 0. The lowest BCUT2D eigenvalue weighted by molar-refractivity contribution is 0.0627. The number of piperazine rings is 1. The Kier molecular flexibility index (Phi) is 5.51. The molecular formula is C22H29N3O2. The second kappa shape index (κ2) is 7.69. The van der Waals surface area contributed by atoms with Crippen molar-refractivity contribution in [2.45, 2.75) is 39.7 Å². The zero-order chi connectivity index (χ0) is 19.6. The van der Waals surface area contributed by atoms with Crippen molar-refractivity contribution in [3.63, 3.8) is 0 Å². The van der Waals surface area contributed by atoms with Crippen molar-refractivity contribution >= 4 is 5.91 Å². The van der Waals surface area contributed by atoms with Gasteiger partial charge in [-0.3, -0.25) is 14.5 Å². The summed E-state index contributed by atoms with van der Waals surface area (Å²) in [7, 11) is 0. The molecule has 5 nitrogen and oxygen atoms in total. The summed E-state index contributed by atoms with van der Waals surface area (Å²) in [6, 6.07) is 10.3. The number of nitrogens with one attached hydrogen (secondary N) is 1. The Morgan fingerprint density at radius 1 is 1.07 bits per heavy atom. The first kappa shape index (κ1) is 19.4. The molecule has 1 N–H and O–H groups in total. The Morgan fingerprint density at radius 2 is 1.70 bits per heavy atom. The average Bonchev–Trinajstić information content (AvgIpc) is 2.61. The molecular weight excluding hydrogens is 338 g/mol. The Labute approximate surface area is 161 Å². The lowest BCUT2D eigenvalue weighted by Gasteiger charge is -2.34. The van der Waals surface area contributed by atoms with Gasteiger partial charge in [0, 0.05) is 50.7 Å². The fourth-order valence-corrected chi connectivity index (χ4v) is 3.39. The summed E-state index contributed by atoms with van der Waals surface area (Å²) in [5.74, 6) is -0.176. The Morgan fingerprint density at radius 3 is 2.26 bits per heavy atom. The number of pyridine rings is 1. The van der Waals surface area contributed by atoms with E-state index in [1.807, 2.05) is 6.92 Å². The summed E-state index contributed by atoms with van der Waals surface area (Å²) in [4.78, 5) is 31.8. The number of hydrogen-bond donors (Lipinski definition) is 1. The molecule has 2 heterocycles. The molecule has 1 aliphatic rings.